The maximum Gasteiger partial charge on any atom is 0.350 e. The van der Waals surface area contributed by atoms with Crippen LogP contribution >= 0.6 is 0 Å². The molecule has 2 amide bonds. The maximum atomic E-state index is 15.6. The predicted molar refractivity (Wildman–Crippen MR) is 479 cm³/mol. The molecule has 2 heterocycles. The van der Waals surface area contributed by atoms with E-state index in [0.717, 1.165) is 27.7 Å². The van der Waals surface area contributed by atoms with Gasteiger partial charge in [0.25, 0.3) is 11.8 Å². The third-order valence-electron chi connectivity index (χ3n) is 30.5. The molecule has 0 spiro atoms. The van der Waals surface area contributed by atoms with Crippen LogP contribution < -0.4 is 10.6 Å². The normalized spacial score (nSPS) is 32.3. The number of hydrogen-bond donors (Lipinski definition) is 8. The van der Waals surface area contributed by atoms with Gasteiger partial charge in [0.2, 0.25) is 6.10 Å². The number of aliphatic hydroxyl groups excluding tert-OH is 2. The van der Waals surface area contributed by atoms with Gasteiger partial charge in [-0.05, 0) is 141 Å². The lowest BCUT2D eigenvalue weighted by Crippen LogP contribution is -2.90. The number of carboxylic acids is 2. The number of aromatic carboxylic acids is 1. The number of rotatable bonds is 28. The van der Waals surface area contributed by atoms with Crippen LogP contribution in [-0.4, -0.2) is 228 Å². The Hall–Kier alpha value is -13.8. The van der Waals surface area contributed by atoms with Gasteiger partial charge in [0.05, 0.1) is 101 Å². The molecule has 728 valence electrons. The molecule has 139 heavy (non-hydrogen) atoms. The Bertz CT molecular complexity index is 6180. The minimum absolute atomic E-state index is 0.00883. The third-order valence-corrected chi connectivity index (χ3v) is 30.5. The summed E-state index contributed by atoms with van der Waals surface area (Å²) in [7, 11) is 0. The highest BCUT2D eigenvalue weighted by atomic mass is 16.7. The SMILES string of the molecule is CC(=O)O[C@H]1C(=O)[C@@]2(C)C([C@H](OC(=O)c3ccccc3)[C@]3(O)C[C@@]4(OC(=O)[C@H](OC(=O)CCC(=O)O)[C@@H](NC(=O)c5ccccc5)c5ccccc5)C(C)=C1[C@@]34C)[C@]1(OC(C)=O)COC1C[C@@H]2O.CC(=O)O[C@H]1C(=O)[C@@]2(C)C([C@H](OC(=O)c3ccccc3)[C@]3(O)C[C@@]4(OC(=O)[C@H](OCc5ccc(C(=O)O)cc5)[C@@H](NC(=O)c5ccccc5)c5ccccc5)C(C)=C1[C@@]34C)[C@]1(OC(C)=O)COC1C[C@@H]2O. The molecule has 10 aliphatic rings. The van der Waals surface area contributed by atoms with Gasteiger partial charge in [-0.1, -0.05) is 146 Å². The fourth-order valence-corrected chi connectivity index (χ4v) is 23.6. The van der Waals surface area contributed by atoms with Gasteiger partial charge < -0.3 is 98.1 Å². The molecule has 2 saturated heterocycles. The molecule has 8 aliphatic carbocycles. The van der Waals surface area contributed by atoms with E-state index in [1.807, 2.05) is 0 Å². The van der Waals surface area contributed by atoms with Gasteiger partial charge in [0.1, 0.15) is 52.9 Å². The number of ether oxygens (including phenoxy) is 12. The quantitative estimate of drug-likeness (QED) is 0.0129. The summed E-state index contributed by atoms with van der Waals surface area (Å²) in [5, 5.41) is 76.2. The van der Waals surface area contributed by atoms with E-state index in [-0.39, 0.29) is 88.3 Å². The molecule has 24 atom stereocenters. The van der Waals surface area contributed by atoms with Crippen molar-refractivity contribution in [2.75, 3.05) is 13.2 Å². The van der Waals surface area contributed by atoms with Crippen LogP contribution in [0.15, 0.2) is 229 Å². The Morgan fingerprint density at radius 3 is 1.12 bits per heavy atom. The zero-order valence-electron chi connectivity index (χ0n) is 77.3. The van der Waals surface area contributed by atoms with Crippen molar-refractivity contribution in [3.05, 3.63) is 273 Å². The third kappa shape index (κ3) is 15.8. The van der Waals surface area contributed by atoms with Gasteiger partial charge in [-0.25, -0.2) is 24.0 Å². The number of carboxylic acid groups (broad SMARTS) is 2. The van der Waals surface area contributed by atoms with Crippen LogP contribution in [0.4, 0.5) is 0 Å². The molecule has 0 radical (unpaired) electrons. The lowest BCUT2D eigenvalue weighted by molar-refractivity contribution is -0.376. The lowest BCUT2D eigenvalue weighted by Gasteiger charge is -2.78. The van der Waals surface area contributed by atoms with Crippen molar-refractivity contribution in [1.29, 1.82) is 0 Å². The van der Waals surface area contributed by atoms with Crippen LogP contribution in [0.25, 0.3) is 0 Å². The van der Waals surface area contributed by atoms with Gasteiger partial charge >= 0.3 is 65.7 Å². The molecular formula is C104H104N2O33. The molecule has 4 unspecified atom stereocenters. The zero-order valence-corrected chi connectivity index (χ0v) is 77.3. The number of carbonyl (C=O) groups excluding carboxylic acids is 13. The van der Waals surface area contributed by atoms with Crippen molar-refractivity contribution in [1.82, 2.24) is 10.6 Å². The summed E-state index contributed by atoms with van der Waals surface area (Å²) in [4.78, 5) is 207. The van der Waals surface area contributed by atoms with Crippen LogP contribution in [0.1, 0.15) is 188 Å². The van der Waals surface area contributed by atoms with Gasteiger partial charge in [0.15, 0.2) is 41.1 Å². The standard InChI is InChI=1S/C54H53NO16.C50H51NO17/c1-29-39-41(68-30(2)56)44(59)50(4)37(58)25-38-52(28-67-38,70-31(3)57)43(50)45(69-48(63)36-19-13-8-14-20-36)53(65)27-54(29,51(39,53)5)71-49(64)42(66-26-32-21-23-35(24-22-32)47(61)62)40(33-15-9-6-10-16-33)55-46(60)34-17-11-7-12-18-34;1-26-36-38(64-27(2)52)41(58)46(4)32(54)23-33-48(25-63-33,67-28(3)53)40(46)42(66-44(60)31-19-13-8-14-20-31)49(62)24-50(26,47(36,49)5)68-45(61)39(65-35(57)22-21-34(55)56)37(29-15-9-6-10-16-29)51-43(59)30-17-11-7-12-18-30/h6-24,37-38,40-43,45,58,65H,25-28H2,1-5H3,(H,55,60)(H,61,62);6-20,32-33,37-40,42,54,62H,21-25H2,1-5H3,(H,51,59)(H,55,56)/t37-,38?,40-,41+,42+,43?,45-,50+,51-,52-,53+,54+;32-,33?,37-,38+,39+,40?,42-,46+,47-,48-,49+,50+/m00/s1. The van der Waals surface area contributed by atoms with Crippen LogP contribution in [0.3, 0.4) is 0 Å². The molecule has 6 saturated carbocycles. The first-order valence-corrected chi connectivity index (χ1v) is 45.3. The summed E-state index contributed by atoms with van der Waals surface area (Å²) < 4.78 is 73.8. The summed E-state index contributed by atoms with van der Waals surface area (Å²) in [6.45, 7) is 12.2. The summed E-state index contributed by atoms with van der Waals surface area (Å²) in [5.41, 5.74) is -18.2. The van der Waals surface area contributed by atoms with Crippen molar-refractivity contribution in [3.63, 3.8) is 0 Å². The van der Waals surface area contributed by atoms with Crippen LogP contribution in [0, 0.1) is 33.5 Å². The van der Waals surface area contributed by atoms with E-state index in [4.69, 9.17) is 56.8 Å². The zero-order chi connectivity index (χ0) is 100.0. The highest BCUT2D eigenvalue weighted by Crippen LogP contribution is 2.81. The summed E-state index contributed by atoms with van der Waals surface area (Å²) in [5.74, 6) is -17.5. The fraction of sp³-hybridized carbons (Fsp3) is 0.413. The van der Waals surface area contributed by atoms with Crippen LogP contribution in [0.2, 0.25) is 0 Å². The molecule has 7 aromatic rings. The molecule has 8 N–H and O–H groups in total. The molecular weight excluding hydrogens is 1810 g/mol. The van der Waals surface area contributed by atoms with Crippen molar-refractivity contribution in [3.8, 4) is 0 Å². The van der Waals surface area contributed by atoms with E-state index in [1.54, 1.807) is 153 Å². The molecule has 0 bridgehead atoms. The van der Waals surface area contributed by atoms with Crippen LogP contribution in [0.5, 0.6) is 0 Å². The minimum Gasteiger partial charge on any atom is -0.481 e. The van der Waals surface area contributed by atoms with Crippen molar-refractivity contribution >= 4 is 89.0 Å². The first-order valence-electron chi connectivity index (χ1n) is 45.3. The summed E-state index contributed by atoms with van der Waals surface area (Å²) in [6.07, 6.45) is -19.3. The number of nitrogens with one attached hydrogen (secondary N) is 2. The van der Waals surface area contributed by atoms with E-state index in [9.17, 15) is 83.4 Å². The number of hydrogen-bond acceptors (Lipinski definition) is 31. The number of esters is 9. The Labute approximate surface area is 796 Å². The van der Waals surface area contributed by atoms with Crippen molar-refractivity contribution in [2.45, 2.75) is 221 Å². The minimum atomic E-state index is -2.41. The Balaban J connectivity index is 0.000000201. The number of benzene rings is 7. The van der Waals surface area contributed by atoms with Gasteiger partial charge in [-0.15, -0.1) is 0 Å². The second-order valence-electron chi connectivity index (χ2n) is 37.8. The number of Topliss-reactive ketones (excluding diaryl/α,β-unsaturated/α-hetero) is 2. The molecule has 35 nitrogen and oxygen atoms in total. The fourth-order valence-electron chi connectivity index (χ4n) is 23.6. The first-order chi connectivity index (χ1) is 65.9. The van der Waals surface area contributed by atoms with E-state index in [2.05, 4.69) is 10.6 Å². The summed E-state index contributed by atoms with van der Waals surface area (Å²) >= 11 is 0. The number of fused-ring (bicyclic) bond motifs is 6. The Morgan fingerprint density at radius 1 is 0.432 bits per heavy atom. The molecule has 17 rings (SSSR count). The number of carbonyl (C=O) groups is 15. The Morgan fingerprint density at radius 2 is 0.784 bits per heavy atom. The van der Waals surface area contributed by atoms with Gasteiger partial charge in [0, 0.05) is 64.5 Å². The molecule has 2 aliphatic heterocycles. The van der Waals surface area contributed by atoms with E-state index < -0.39 is 255 Å². The number of ketones is 2. The largest absolute Gasteiger partial charge is 0.481 e. The number of amides is 2. The maximum absolute atomic E-state index is 15.6. The van der Waals surface area contributed by atoms with E-state index in [0.29, 0.717) is 11.1 Å². The predicted octanol–water partition coefficient (Wildman–Crippen LogP) is 8.54. The molecule has 8 fully saturated rings. The smallest absolute Gasteiger partial charge is 0.350 e. The topological polar surface area (TPSA) is 512 Å². The second kappa shape index (κ2) is 36.8. The van der Waals surface area contributed by atoms with Crippen molar-refractivity contribution in [2.24, 2.45) is 33.5 Å². The van der Waals surface area contributed by atoms with Crippen LogP contribution in [-0.2, 0) is 111 Å². The second-order valence-corrected chi connectivity index (χ2v) is 37.8. The van der Waals surface area contributed by atoms with Gasteiger partial charge in [-0.3, -0.25) is 47.9 Å². The average Bonchev–Trinajstić information content (AvgIpc) is 0.621. The Kier molecular flexibility index (Phi) is 26.0. The molecule has 7 aromatic carbocycles. The lowest BCUT2D eigenvalue weighted by atomic mass is 9.30. The van der Waals surface area contributed by atoms with Gasteiger partial charge in [-0.2, -0.15) is 0 Å². The van der Waals surface area contributed by atoms with E-state index >= 15 is 19.2 Å². The number of aliphatic carboxylic acids is 1. The van der Waals surface area contributed by atoms with E-state index in [1.165, 1.54) is 95.3 Å². The highest BCUT2D eigenvalue weighted by Gasteiger charge is 2.92. The molecule has 35 heteroatoms. The summed E-state index contributed by atoms with van der Waals surface area (Å²) in [6, 6.07) is 51.3. The monoisotopic (exact) mass is 1910 g/mol. The van der Waals surface area contributed by atoms with Crippen molar-refractivity contribution < 1.29 is 159 Å². The molecule has 0 aromatic heterocycles. The average molecular weight is 1910 g/mol. The number of aliphatic hydroxyl groups is 4. The highest BCUT2D eigenvalue weighted by molar-refractivity contribution is 6.00. The first kappa shape index (κ1) is 98.2.